The van der Waals surface area contributed by atoms with Crippen molar-refractivity contribution in [1.82, 2.24) is 4.72 Å². The first-order chi connectivity index (χ1) is 10.0. The summed E-state index contributed by atoms with van der Waals surface area (Å²) >= 11 is 1.87. The van der Waals surface area contributed by atoms with Crippen molar-refractivity contribution in [3.63, 3.8) is 0 Å². The molecule has 6 heteroatoms. The van der Waals surface area contributed by atoms with Gasteiger partial charge in [-0.05, 0) is 56.1 Å². The quantitative estimate of drug-likeness (QED) is 0.839. The molecule has 0 amide bonds. The minimum Gasteiger partial charge on any atom is -0.396 e. The summed E-state index contributed by atoms with van der Waals surface area (Å²) in [4.78, 5) is 0.302. The van der Waals surface area contributed by atoms with Gasteiger partial charge in [0, 0.05) is 17.9 Å². The Morgan fingerprint density at radius 2 is 1.81 bits per heavy atom. The summed E-state index contributed by atoms with van der Waals surface area (Å²) in [5, 5.41) is 9.54. The van der Waals surface area contributed by atoms with Gasteiger partial charge in [0.1, 0.15) is 0 Å². The van der Waals surface area contributed by atoms with Gasteiger partial charge < -0.3 is 5.11 Å². The van der Waals surface area contributed by atoms with Crippen LogP contribution in [-0.2, 0) is 16.4 Å². The summed E-state index contributed by atoms with van der Waals surface area (Å²) in [6.45, 7) is 0.0724. The first-order valence-corrected chi connectivity index (χ1v) is 10.1. The molecule has 2 rings (SSSR count). The van der Waals surface area contributed by atoms with Gasteiger partial charge in [-0.3, -0.25) is 0 Å². The molecule has 0 heterocycles. The predicted octanol–water partition coefficient (Wildman–Crippen LogP) is 2.17. The lowest BCUT2D eigenvalue weighted by atomic mass is 9.96. The third kappa shape index (κ3) is 4.71. The lowest BCUT2D eigenvalue weighted by Gasteiger charge is -2.27. The third-order valence-corrected chi connectivity index (χ3v) is 6.64. The predicted molar refractivity (Wildman–Crippen MR) is 87.1 cm³/mol. The van der Waals surface area contributed by atoms with Crippen molar-refractivity contribution in [3.8, 4) is 0 Å². The zero-order chi connectivity index (χ0) is 15.3. The van der Waals surface area contributed by atoms with Crippen LogP contribution in [0.15, 0.2) is 29.2 Å². The van der Waals surface area contributed by atoms with Crippen LogP contribution in [0.1, 0.15) is 31.2 Å². The van der Waals surface area contributed by atoms with Crippen molar-refractivity contribution >= 4 is 21.8 Å². The highest BCUT2D eigenvalue weighted by atomic mass is 32.2. The molecule has 0 unspecified atom stereocenters. The maximum atomic E-state index is 12.4. The number of rotatable bonds is 6. The second-order valence-electron chi connectivity index (χ2n) is 5.45. The molecule has 1 aliphatic rings. The average Bonchev–Trinajstić information content (AvgIpc) is 2.48. The van der Waals surface area contributed by atoms with Gasteiger partial charge in [0.15, 0.2) is 0 Å². The molecule has 21 heavy (non-hydrogen) atoms. The van der Waals surface area contributed by atoms with Crippen LogP contribution in [0.2, 0.25) is 0 Å². The van der Waals surface area contributed by atoms with Crippen LogP contribution in [0.4, 0.5) is 0 Å². The molecule has 118 valence electrons. The van der Waals surface area contributed by atoms with Gasteiger partial charge in [-0.15, -0.1) is 0 Å². The summed E-state index contributed by atoms with van der Waals surface area (Å²) in [6.07, 6.45) is 6.63. The fourth-order valence-electron chi connectivity index (χ4n) is 2.67. The second kappa shape index (κ2) is 7.63. The molecule has 1 aliphatic carbocycles. The van der Waals surface area contributed by atoms with Crippen molar-refractivity contribution in [2.45, 2.75) is 48.3 Å². The largest absolute Gasteiger partial charge is 0.396 e. The summed E-state index contributed by atoms with van der Waals surface area (Å²) in [5.41, 5.74) is 0.942. The molecule has 2 N–H and O–H groups in total. The number of aliphatic hydroxyl groups excluding tert-OH is 1. The van der Waals surface area contributed by atoms with Crippen molar-refractivity contribution in [1.29, 1.82) is 0 Å². The van der Waals surface area contributed by atoms with E-state index in [4.69, 9.17) is 5.11 Å². The van der Waals surface area contributed by atoms with Crippen LogP contribution in [0, 0.1) is 0 Å². The molecular weight excluding hydrogens is 306 g/mol. The highest BCUT2D eigenvalue weighted by molar-refractivity contribution is 7.99. The van der Waals surface area contributed by atoms with Crippen molar-refractivity contribution in [3.05, 3.63) is 29.8 Å². The van der Waals surface area contributed by atoms with E-state index >= 15 is 0 Å². The minimum atomic E-state index is -3.44. The van der Waals surface area contributed by atoms with Crippen molar-refractivity contribution < 1.29 is 13.5 Å². The van der Waals surface area contributed by atoms with E-state index < -0.39 is 10.0 Å². The van der Waals surface area contributed by atoms with Crippen LogP contribution in [0.25, 0.3) is 0 Å². The van der Waals surface area contributed by atoms with Gasteiger partial charge in [-0.2, -0.15) is 11.8 Å². The van der Waals surface area contributed by atoms with Gasteiger partial charge >= 0.3 is 0 Å². The Morgan fingerprint density at radius 1 is 1.19 bits per heavy atom. The van der Waals surface area contributed by atoms with E-state index in [-0.39, 0.29) is 12.6 Å². The molecule has 1 aromatic rings. The van der Waals surface area contributed by atoms with E-state index in [0.717, 1.165) is 31.2 Å². The Balaban J connectivity index is 1.98. The number of aliphatic hydroxyl groups is 1. The third-order valence-electron chi connectivity index (χ3n) is 3.96. The van der Waals surface area contributed by atoms with Crippen molar-refractivity contribution in [2.24, 2.45) is 0 Å². The topological polar surface area (TPSA) is 66.4 Å². The number of hydrogen-bond donors (Lipinski definition) is 2. The van der Waals surface area contributed by atoms with Crippen LogP contribution in [0.3, 0.4) is 0 Å². The Morgan fingerprint density at radius 3 is 2.33 bits per heavy atom. The number of nitrogens with one attached hydrogen (secondary N) is 1. The summed E-state index contributed by atoms with van der Waals surface area (Å²) in [6, 6.07) is 6.79. The number of benzene rings is 1. The number of sulfonamides is 1. The zero-order valence-corrected chi connectivity index (χ0v) is 13.9. The smallest absolute Gasteiger partial charge is 0.240 e. The maximum Gasteiger partial charge on any atom is 0.240 e. The molecule has 1 aromatic carbocycles. The molecule has 0 aliphatic heterocycles. The van der Waals surface area contributed by atoms with Crippen LogP contribution >= 0.6 is 11.8 Å². The monoisotopic (exact) mass is 329 g/mol. The van der Waals surface area contributed by atoms with Gasteiger partial charge in [0.25, 0.3) is 0 Å². The molecule has 0 atom stereocenters. The molecular formula is C15H23NO3S2. The fraction of sp³-hybridized carbons (Fsp3) is 0.600. The van der Waals surface area contributed by atoms with Crippen LogP contribution < -0.4 is 4.72 Å². The standard InChI is InChI=1S/C15H23NO3S2/c1-20-14-6-4-13(5-7-14)16-21(18,19)15-8-2-12(3-9-15)10-11-17/h2-3,8-9,13-14,16-17H,4-7,10-11H2,1H3. The summed E-state index contributed by atoms with van der Waals surface area (Å²) in [5.74, 6) is 0. The van der Waals surface area contributed by atoms with Gasteiger partial charge in [-0.1, -0.05) is 12.1 Å². The van der Waals surface area contributed by atoms with Crippen LogP contribution in [0.5, 0.6) is 0 Å². The Hall–Kier alpha value is -0.560. The highest BCUT2D eigenvalue weighted by Crippen LogP contribution is 2.27. The molecule has 4 nitrogen and oxygen atoms in total. The Bertz CT molecular complexity index is 535. The van der Waals surface area contributed by atoms with Crippen LogP contribution in [-0.4, -0.2) is 37.7 Å². The number of hydrogen-bond acceptors (Lipinski definition) is 4. The van der Waals surface area contributed by atoms with Crippen molar-refractivity contribution in [2.75, 3.05) is 12.9 Å². The molecule has 1 fully saturated rings. The second-order valence-corrected chi connectivity index (χ2v) is 8.30. The molecule has 0 aromatic heterocycles. The maximum absolute atomic E-state index is 12.4. The summed E-state index contributed by atoms with van der Waals surface area (Å²) in [7, 11) is -3.44. The molecule has 1 saturated carbocycles. The summed E-state index contributed by atoms with van der Waals surface area (Å²) < 4.78 is 27.5. The average molecular weight is 329 g/mol. The molecule has 0 saturated heterocycles. The van der Waals surface area contributed by atoms with E-state index in [1.54, 1.807) is 24.3 Å². The van der Waals surface area contributed by atoms with E-state index in [2.05, 4.69) is 11.0 Å². The van der Waals surface area contributed by atoms with E-state index in [0.29, 0.717) is 16.6 Å². The Labute approximate surface area is 131 Å². The lowest BCUT2D eigenvalue weighted by molar-refractivity contribution is 0.299. The van der Waals surface area contributed by atoms with E-state index in [1.165, 1.54) is 0 Å². The lowest BCUT2D eigenvalue weighted by Crippen LogP contribution is -2.38. The zero-order valence-electron chi connectivity index (χ0n) is 12.3. The van der Waals surface area contributed by atoms with Gasteiger partial charge in [0.05, 0.1) is 4.90 Å². The first kappa shape index (κ1) is 16.8. The van der Waals surface area contributed by atoms with E-state index in [9.17, 15) is 8.42 Å². The Kier molecular flexibility index (Phi) is 6.10. The van der Waals surface area contributed by atoms with E-state index in [1.807, 2.05) is 11.8 Å². The first-order valence-electron chi connectivity index (χ1n) is 7.30. The minimum absolute atomic E-state index is 0.0514. The molecule has 0 spiro atoms. The molecule has 0 radical (unpaired) electrons. The van der Waals surface area contributed by atoms with Gasteiger partial charge in [0.2, 0.25) is 10.0 Å². The SMILES string of the molecule is CSC1CCC(NS(=O)(=O)c2ccc(CCO)cc2)CC1. The normalized spacial score (nSPS) is 23.1. The molecule has 0 bridgehead atoms. The highest BCUT2D eigenvalue weighted by Gasteiger charge is 2.25. The fourth-order valence-corrected chi connectivity index (χ4v) is 4.72. The number of thioether (sulfide) groups is 1. The van der Waals surface area contributed by atoms with Gasteiger partial charge in [-0.25, -0.2) is 13.1 Å².